The molecule has 0 aromatic heterocycles. The minimum Gasteiger partial charge on any atom is -0.353 e. The van der Waals surface area contributed by atoms with Gasteiger partial charge in [-0.15, -0.1) is 0 Å². The fraction of sp³-hybridized carbons (Fsp3) is 0.588. The van der Waals surface area contributed by atoms with E-state index in [1.165, 1.54) is 25.0 Å². The van der Waals surface area contributed by atoms with Gasteiger partial charge >= 0.3 is 0 Å². The van der Waals surface area contributed by atoms with Gasteiger partial charge in [-0.1, -0.05) is 25.0 Å². The van der Waals surface area contributed by atoms with Crippen molar-refractivity contribution in [3.63, 3.8) is 0 Å². The molecule has 0 radical (unpaired) electrons. The molecule has 1 unspecified atom stereocenters. The first kappa shape index (κ1) is 13.6. The Morgan fingerprint density at radius 3 is 2.40 bits per heavy atom. The summed E-state index contributed by atoms with van der Waals surface area (Å²) >= 11 is 0. The van der Waals surface area contributed by atoms with E-state index < -0.39 is 5.41 Å². The summed E-state index contributed by atoms with van der Waals surface area (Å²) < 4.78 is 13.1. The van der Waals surface area contributed by atoms with Crippen LogP contribution in [-0.2, 0) is 10.2 Å². The highest BCUT2D eigenvalue weighted by Crippen LogP contribution is 2.42. The molecule has 2 aliphatic carbocycles. The van der Waals surface area contributed by atoms with Crippen molar-refractivity contribution in [3.05, 3.63) is 35.6 Å². The van der Waals surface area contributed by atoms with Crippen LogP contribution in [0.25, 0.3) is 0 Å². The summed E-state index contributed by atoms with van der Waals surface area (Å²) in [4.78, 5) is 12.8. The molecule has 3 heteroatoms. The molecule has 1 aromatic carbocycles. The fourth-order valence-electron chi connectivity index (χ4n) is 3.45. The molecule has 2 fully saturated rings. The van der Waals surface area contributed by atoms with Crippen molar-refractivity contribution in [2.45, 2.75) is 56.9 Å². The molecule has 0 spiro atoms. The van der Waals surface area contributed by atoms with Crippen LogP contribution in [0, 0.1) is 11.7 Å². The number of benzene rings is 1. The molecule has 1 amide bonds. The van der Waals surface area contributed by atoms with Crippen molar-refractivity contribution < 1.29 is 9.18 Å². The number of carbonyl (C=O) groups excluding carboxylic acids is 1. The molecule has 0 aliphatic heterocycles. The summed E-state index contributed by atoms with van der Waals surface area (Å²) in [5.74, 6) is 0.556. The first-order chi connectivity index (χ1) is 9.62. The third-order valence-electron chi connectivity index (χ3n) is 4.98. The Kier molecular flexibility index (Phi) is 3.53. The highest BCUT2D eigenvalue weighted by atomic mass is 19.1. The minimum atomic E-state index is -0.434. The number of nitrogens with one attached hydrogen (secondary N) is 1. The van der Waals surface area contributed by atoms with Crippen molar-refractivity contribution in [2.24, 2.45) is 5.92 Å². The molecule has 0 saturated heterocycles. The average Bonchev–Trinajstić information content (AvgIpc) is 3.17. The molecule has 0 heterocycles. The molecule has 20 heavy (non-hydrogen) atoms. The summed E-state index contributed by atoms with van der Waals surface area (Å²) in [6.07, 6.45) is 6.35. The zero-order chi connectivity index (χ0) is 14.2. The van der Waals surface area contributed by atoms with E-state index >= 15 is 0 Å². The van der Waals surface area contributed by atoms with Gasteiger partial charge in [0.2, 0.25) is 5.91 Å². The van der Waals surface area contributed by atoms with Gasteiger partial charge in [-0.3, -0.25) is 4.79 Å². The number of hydrogen-bond donors (Lipinski definition) is 1. The molecule has 2 saturated carbocycles. The monoisotopic (exact) mass is 275 g/mol. The zero-order valence-electron chi connectivity index (χ0n) is 12.0. The summed E-state index contributed by atoms with van der Waals surface area (Å²) in [5, 5.41) is 3.21. The van der Waals surface area contributed by atoms with Gasteiger partial charge in [0.25, 0.3) is 0 Å². The Morgan fingerprint density at radius 2 is 1.85 bits per heavy atom. The van der Waals surface area contributed by atoms with Gasteiger partial charge in [0, 0.05) is 6.04 Å². The normalized spacial score (nSPS) is 22.5. The smallest absolute Gasteiger partial charge is 0.230 e. The van der Waals surface area contributed by atoms with Crippen molar-refractivity contribution in [1.29, 1.82) is 0 Å². The summed E-state index contributed by atoms with van der Waals surface area (Å²) in [7, 11) is 0. The van der Waals surface area contributed by atoms with Gasteiger partial charge in [0.05, 0.1) is 5.41 Å². The van der Waals surface area contributed by atoms with Crippen LogP contribution in [0.15, 0.2) is 24.3 Å². The van der Waals surface area contributed by atoms with Gasteiger partial charge in [-0.05, 0) is 56.2 Å². The standard InChI is InChI=1S/C17H22FNO/c1-12(13-4-5-13)19-16(20)17(10-2-3-11-17)14-6-8-15(18)9-7-14/h6-9,12-13H,2-5,10-11H2,1H3,(H,19,20). The summed E-state index contributed by atoms with van der Waals surface area (Å²) in [6.45, 7) is 2.10. The zero-order valence-corrected chi connectivity index (χ0v) is 12.0. The lowest BCUT2D eigenvalue weighted by molar-refractivity contribution is -0.127. The highest BCUT2D eigenvalue weighted by Gasteiger charge is 2.44. The third-order valence-corrected chi connectivity index (χ3v) is 4.98. The van der Waals surface area contributed by atoms with Gasteiger partial charge in [0.1, 0.15) is 5.82 Å². The second kappa shape index (κ2) is 5.19. The topological polar surface area (TPSA) is 29.1 Å². The second-order valence-electron chi connectivity index (χ2n) is 6.40. The fourth-order valence-corrected chi connectivity index (χ4v) is 3.45. The highest BCUT2D eigenvalue weighted by molar-refractivity contribution is 5.88. The second-order valence-corrected chi connectivity index (χ2v) is 6.40. The van der Waals surface area contributed by atoms with Crippen LogP contribution in [0.4, 0.5) is 4.39 Å². The first-order valence-electron chi connectivity index (χ1n) is 7.69. The number of amides is 1. The van der Waals surface area contributed by atoms with Crippen LogP contribution >= 0.6 is 0 Å². The number of halogens is 1. The van der Waals surface area contributed by atoms with Crippen molar-refractivity contribution in [3.8, 4) is 0 Å². The lowest BCUT2D eigenvalue weighted by atomic mass is 9.77. The van der Waals surface area contributed by atoms with Gasteiger partial charge in [0.15, 0.2) is 0 Å². The van der Waals surface area contributed by atoms with E-state index in [1.807, 2.05) is 0 Å². The molecule has 1 N–H and O–H groups in total. The van der Waals surface area contributed by atoms with Gasteiger partial charge < -0.3 is 5.32 Å². The molecule has 108 valence electrons. The molecule has 1 aromatic rings. The maximum Gasteiger partial charge on any atom is 0.230 e. The van der Waals surface area contributed by atoms with Gasteiger partial charge in [-0.2, -0.15) is 0 Å². The Labute approximate surface area is 119 Å². The van der Waals surface area contributed by atoms with Crippen molar-refractivity contribution in [2.75, 3.05) is 0 Å². The molecular weight excluding hydrogens is 253 g/mol. The van der Waals surface area contributed by atoms with Crippen LogP contribution in [0.1, 0.15) is 51.0 Å². The van der Waals surface area contributed by atoms with E-state index in [1.54, 1.807) is 12.1 Å². The van der Waals surface area contributed by atoms with E-state index in [4.69, 9.17) is 0 Å². The number of hydrogen-bond acceptors (Lipinski definition) is 1. The van der Waals surface area contributed by atoms with Crippen molar-refractivity contribution in [1.82, 2.24) is 5.32 Å². The maximum absolute atomic E-state index is 13.1. The Bertz CT molecular complexity index is 486. The Morgan fingerprint density at radius 1 is 1.25 bits per heavy atom. The number of rotatable bonds is 4. The van der Waals surface area contributed by atoms with E-state index in [2.05, 4.69) is 12.2 Å². The SMILES string of the molecule is CC(NC(=O)C1(c2ccc(F)cc2)CCCC1)C1CC1. The lowest BCUT2D eigenvalue weighted by Crippen LogP contribution is -2.46. The average molecular weight is 275 g/mol. The molecule has 0 bridgehead atoms. The van der Waals surface area contributed by atoms with E-state index in [9.17, 15) is 9.18 Å². The summed E-state index contributed by atoms with van der Waals surface area (Å²) in [5.41, 5.74) is 0.536. The van der Waals surface area contributed by atoms with Crippen LogP contribution < -0.4 is 5.32 Å². The lowest BCUT2D eigenvalue weighted by Gasteiger charge is -2.30. The van der Waals surface area contributed by atoms with E-state index in [0.717, 1.165) is 31.2 Å². The predicted molar refractivity (Wildman–Crippen MR) is 76.9 cm³/mol. The van der Waals surface area contributed by atoms with Crippen LogP contribution in [-0.4, -0.2) is 11.9 Å². The third kappa shape index (κ3) is 2.46. The van der Waals surface area contributed by atoms with Gasteiger partial charge in [-0.25, -0.2) is 4.39 Å². The number of carbonyl (C=O) groups is 1. The molecule has 3 rings (SSSR count). The molecule has 2 nitrogen and oxygen atoms in total. The van der Waals surface area contributed by atoms with Crippen molar-refractivity contribution >= 4 is 5.91 Å². The van der Waals surface area contributed by atoms with E-state index in [-0.39, 0.29) is 17.8 Å². The molecule has 1 atom stereocenters. The van der Waals surface area contributed by atoms with Crippen LogP contribution in [0.3, 0.4) is 0 Å². The quantitative estimate of drug-likeness (QED) is 0.894. The Balaban J connectivity index is 1.83. The Hall–Kier alpha value is -1.38. The maximum atomic E-state index is 13.1. The molecular formula is C17H22FNO. The molecule has 2 aliphatic rings. The minimum absolute atomic E-state index is 0.140. The van der Waals surface area contributed by atoms with Crippen LogP contribution in [0.5, 0.6) is 0 Å². The predicted octanol–water partition coefficient (Wildman–Crippen LogP) is 3.55. The summed E-state index contributed by atoms with van der Waals surface area (Å²) in [6, 6.07) is 6.75. The van der Waals surface area contributed by atoms with Crippen LogP contribution in [0.2, 0.25) is 0 Å². The largest absolute Gasteiger partial charge is 0.353 e. The first-order valence-corrected chi connectivity index (χ1v) is 7.69. The van der Waals surface area contributed by atoms with E-state index in [0.29, 0.717) is 5.92 Å².